The molecule has 0 unspecified atom stereocenters. The van der Waals surface area contributed by atoms with Gasteiger partial charge in [-0.3, -0.25) is 4.68 Å². The molecule has 0 aliphatic rings. The first-order chi connectivity index (χ1) is 6.65. The molecule has 2 heterocycles. The minimum absolute atomic E-state index is 0.289. The molecule has 0 saturated heterocycles. The molecule has 0 aromatic carbocycles. The maximum atomic E-state index is 5.40. The number of anilines is 1. The average Bonchev–Trinajstić information content (AvgIpc) is 2.62. The largest absolute Gasteiger partial charge is 0.367 e. The van der Waals surface area contributed by atoms with E-state index >= 15 is 0 Å². The number of nitrogen functional groups attached to an aromatic ring is 1. The third kappa shape index (κ3) is 1.59. The summed E-state index contributed by atoms with van der Waals surface area (Å²) in [5.74, 6) is 0.289. The molecule has 74 valence electrons. The van der Waals surface area contributed by atoms with E-state index in [2.05, 4.69) is 15.2 Å². The van der Waals surface area contributed by atoms with E-state index in [4.69, 9.17) is 5.73 Å². The highest BCUT2D eigenvalue weighted by molar-refractivity contribution is 5.12. The fourth-order valence-electron chi connectivity index (χ4n) is 1.26. The first-order valence-electron chi connectivity index (χ1n) is 4.29. The summed E-state index contributed by atoms with van der Waals surface area (Å²) >= 11 is 0. The van der Waals surface area contributed by atoms with Crippen molar-refractivity contribution >= 4 is 5.95 Å². The summed E-state index contributed by atoms with van der Waals surface area (Å²) in [5, 5.41) is 8.28. The molecule has 0 amide bonds. The Balaban J connectivity index is 2.18. The molecule has 2 N–H and O–H groups in total. The van der Waals surface area contributed by atoms with Crippen molar-refractivity contribution in [2.45, 2.75) is 13.5 Å². The van der Waals surface area contributed by atoms with Gasteiger partial charge in [0.15, 0.2) is 0 Å². The first kappa shape index (κ1) is 8.74. The fraction of sp³-hybridized carbons (Fsp3) is 0.375. The van der Waals surface area contributed by atoms with Crippen LogP contribution in [0.1, 0.15) is 11.4 Å². The Morgan fingerprint density at radius 2 is 2.21 bits per heavy atom. The van der Waals surface area contributed by atoms with E-state index in [-0.39, 0.29) is 5.95 Å². The Labute approximate surface area is 81.4 Å². The van der Waals surface area contributed by atoms with Crippen LogP contribution in [0.3, 0.4) is 0 Å². The summed E-state index contributed by atoms with van der Waals surface area (Å²) in [6.45, 7) is 2.61. The zero-order chi connectivity index (χ0) is 10.1. The molecular weight excluding hydrogens is 180 g/mol. The van der Waals surface area contributed by atoms with E-state index in [1.165, 1.54) is 0 Å². The Morgan fingerprint density at radius 3 is 2.71 bits per heavy atom. The zero-order valence-electron chi connectivity index (χ0n) is 8.18. The van der Waals surface area contributed by atoms with Crippen LogP contribution in [0.4, 0.5) is 5.95 Å². The highest BCUT2D eigenvalue weighted by Crippen LogP contribution is 2.03. The van der Waals surface area contributed by atoms with Gasteiger partial charge in [0.25, 0.3) is 0 Å². The van der Waals surface area contributed by atoms with Gasteiger partial charge in [-0.2, -0.15) is 5.10 Å². The van der Waals surface area contributed by atoms with E-state index < -0.39 is 0 Å². The van der Waals surface area contributed by atoms with Gasteiger partial charge >= 0.3 is 0 Å². The number of rotatable bonds is 2. The van der Waals surface area contributed by atoms with E-state index in [0.717, 1.165) is 11.4 Å². The number of nitrogens with zero attached hydrogens (tertiary/aromatic N) is 5. The lowest BCUT2D eigenvalue weighted by atomic mass is 10.4. The van der Waals surface area contributed by atoms with Crippen LogP contribution in [0.25, 0.3) is 0 Å². The van der Waals surface area contributed by atoms with Crippen molar-refractivity contribution in [1.82, 2.24) is 24.5 Å². The minimum atomic E-state index is 0.289. The summed E-state index contributed by atoms with van der Waals surface area (Å²) in [4.78, 5) is 3.84. The van der Waals surface area contributed by atoms with Crippen LogP contribution in [0.15, 0.2) is 12.4 Å². The van der Waals surface area contributed by atoms with Crippen LogP contribution < -0.4 is 5.73 Å². The van der Waals surface area contributed by atoms with Crippen LogP contribution in [0.5, 0.6) is 0 Å². The van der Waals surface area contributed by atoms with Gasteiger partial charge in [0.1, 0.15) is 6.33 Å². The molecule has 6 heteroatoms. The molecule has 0 bridgehead atoms. The Morgan fingerprint density at radius 1 is 1.43 bits per heavy atom. The van der Waals surface area contributed by atoms with Gasteiger partial charge in [-0.15, -0.1) is 5.10 Å². The van der Waals surface area contributed by atoms with Crippen LogP contribution in [-0.2, 0) is 13.6 Å². The zero-order valence-corrected chi connectivity index (χ0v) is 8.18. The predicted molar refractivity (Wildman–Crippen MR) is 51.5 cm³/mol. The molecule has 2 aromatic rings. The quantitative estimate of drug-likeness (QED) is 0.724. The second kappa shape index (κ2) is 3.13. The monoisotopic (exact) mass is 192 g/mol. The Kier molecular flexibility index (Phi) is 1.95. The van der Waals surface area contributed by atoms with Gasteiger partial charge in [-0.1, -0.05) is 0 Å². The first-order valence-corrected chi connectivity index (χ1v) is 4.29. The molecule has 0 aliphatic carbocycles. The highest BCUT2D eigenvalue weighted by atomic mass is 15.4. The van der Waals surface area contributed by atoms with Crippen molar-refractivity contribution in [3.8, 4) is 0 Å². The van der Waals surface area contributed by atoms with Crippen molar-refractivity contribution in [1.29, 1.82) is 0 Å². The van der Waals surface area contributed by atoms with E-state index in [1.54, 1.807) is 11.0 Å². The second-order valence-electron chi connectivity index (χ2n) is 3.20. The van der Waals surface area contributed by atoms with Crippen LogP contribution in [-0.4, -0.2) is 24.5 Å². The maximum absolute atomic E-state index is 5.40. The summed E-state index contributed by atoms with van der Waals surface area (Å²) in [5.41, 5.74) is 7.47. The normalized spacial score (nSPS) is 10.7. The van der Waals surface area contributed by atoms with E-state index in [0.29, 0.717) is 6.54 Å². The van der Waals surface area contributed by atoms with Crippen molar-refractivity contribution < 1.29 is 0 Å². The molecule has 0 radical (unpaired) electrons. The van der Waals surface area contributed by atoms with Gasteiger partial charge in [-0.05, 0) is 13.0 Å². The van der Waals surface area contributed by atoms with E-state index in [1.807, 2.05) is 24.7 Å². The lowest BCUT2D eigenvalue weighted by Crippen LogP contribution is -2.02. The topological polar surface area (TPSA) is 74.6 Å². The Bertz CT molecular complexity index is 421. The van der Waals surface area contributed by atoms with Crippen LogP contribution >= 0.6 is 0 Å². The molecule has 2 aromatic heterocycles. The number of aryl methyl sites for hydroxylation is 2. The van der Waals surface area contributed by atoms with Crippen LogP contribution in [0, 0.1) is 6.92 Å². The highest BCUT2D eigenvalue weighted by Gasteiger charge is 2.03. The molecular formula is C8H12N6. The average molecular weight is 192 g/mol. The number of aromatic nitrogens is 5. The maximum Gasteiger partial charge on any atom is 0.239 e. The molecule has 0 aliphatic heterocycles. The van der Waals surface area contributed by atoms with Crippen molar-refractivity contribution in [2.75, 3.05) is 5.73 Å². The van der Waals surface area contributed by atoms with E-state index in [9.17, 15) is 0 Å². The van der Waals surface area contributed by atoms with Crippen molar-refractivity contribution in [3.05, 3.63) is 23.8 Å². The predicted octanol–water partition coefficient (Wildman–Crippen LogP) is -0.0495. The number of hydrogen-bond acceptors (Lipinski definition) is 4. The van der Waals surface area contributed by atoms with Gasteiger partial charge in [-0.25, -0.2) is 9.67 Å². The fourth-order valence-corrected chi connectivity index (χ4v) is 1.26. The molecule has 0 fully saturated rings. The van der Waals surface area contributed by atoms with Crippen molar-refractivity contribution in [3.63, 3.8) is 0 Å². The summed E-state index contributed by atoms with van der Waals surface area (Å²) in [6.07, 6.45) is 1.60. The van der Waals surface area contributed by atoms with Crippen LogP contribution in [0.2, 0.25) is 0 Å². The lowest BCUT2D eigenvalue weighted by Gasteiger charge is -1.94. The molecule has 14 heavy (non-hydrogen) atoms. The SMILES string of the molecule is Cc1cc(Cn2cnc(N)n2)nn1C. The Hall–Kier alpha value is -1.85. The standard InChI is InChI=1S/C8H12N6/c1-6-3-7(11-13(6)2)4-14-5-10-8(9)12-14/h3,5H,4H2,1-2H3,(H2,9,12). The number of nitrogens with two attached hydrogens (primary N) is 1. The summed E-state index contributed by atoms with van der Waals surface area (Å²) in [7, 11) is 1.91. The van der Waals surface area contributed by atoms with Crippen molar-refractivity contribution in [2.24, 2.45) is 7.05 Å². The second-order valence-corrected chi connectivity index (χ2v) is 3.20. The molecule has 0 spiro atoms. The molecule has 2 rings (SSSR count). The molecule has 0 atom stereocenters. The smallest absolute Gasteiger partial charge is 0.239 e. The molecule has 0 saturated carbocycles. The summed E-state index contributed by atoms with van der Waals surface area (Å²) in [6, 6.07) is 2.01. The van der Waals surface area contributed by atoms with Gasteiger partial charge in [0, 0.05) is 12.7 Å². The number of hydrogen-bond donors (Lipinski definition) is 1. The molecule has 6 nitrogen and oxygen atoms in total. The summed E-state index contributed by atoms with van der Waals surface area (Å²) < 4.78 is 3.49. The van der Waals surface area contributed by atoms with Gasteiger partial charge in [0.2, 0.25) is 5.95 Å². The third-order valence-electron chi connectivity index (χ3n) is 2.04. The third-order valence-corrected chi connectivity index (χ3v) is 2.04. The minimum Gasteiger partial charge on any atom is -0.367 e. The van der Waals surface area contributed by atoms with Gasteiger partial charge < -0.3 is 5.73 Å². The van der Waals surface area contributed by atoms with Gasteiger partial charge in [0.05, 0.1) is 12.2 Å². The lowest BCUT2D eigenvalue weighted by molar-refractivity contribution is 0.647.